The Morgan fingerprint density at radius 3 is 2.95 bits per heavy atom. The molecule has 1 N–H and O–H groups in total. The minimum Gasteiger partial charge on any atom is -0.376 e. The first kappa shape index (κ1) is 15.5. The van der Waals surface area contributed by atoms with E-state index >= 15 is 0 Å². The summed E-state index contributed by atoms with van der Waals surface area (Å²) in [5.74, 6) is 0.949. The highest BCUT2D eigenvalue weighted by Gasteiger charge is 2.18. The molecule has 112 valence electrons. The van der Waals surface area contributed by atoms with E-state index in [1.54, 1.807) is 0 Å². The van der Waals surface area contributed by atoms with E-state index in [1.165, 1.54) is 0 Å². The van der Waals surface area contributed by atoms with Crippen molar-refractivity contribution < 1.29 is 4.74 Å². The molecular weight excluding hydrogens is 274 g/mol. The normalized spacial score (nSPS) is 18.8. The average Bonchev–Trinajstić information content (AvgIpc) is 2.90. The number of aromatic nitrogens is 1. The maximum atomic E-state index is 6.21. The second kappa shape index (κ2) is 7.25. The Morgan fingerprint density at radius 1 is 1.50 bits per heavy atom. The first-order chi connectivity index (χ1) is 9.56. The monoisotopic (exact) mass is 297 g/mol. The van der Waals surface area contributed by atoms with Gasteiger partial charge in [-0.2, -0.15) is 0 Å². The van der Waals surface area contributed by atoms with E-state index in [0.717, 1.165) is 37.5 Å². The van der Waals surface area contributed by atoms with Gasteiger partial charge in [-0.15, -0.1) is 0 Å². The lowest BCUT2D eigenvalue weighted by Gasteiger charge is -2.22. The third-order valence-corrected chi connectivity index (χ3v) is 3.82. The van der Waals surface area contributed by atoms with Crippen LogP contribution in [0.25, 0.3) is 0 Å². The number of pyridine rings is 1. The van der Waals surface area contributed by atoms with Crippen LogP contribution in [0.15, 0.2) is 12.1 Å². The predicted molar refractivity (Wildman–Crippen MR) is 83.5 cm³/mol. The van der Waals surface area contributed by atoms with Crippen LogP contribution in [-0.2, 0) is 11.3 Å². The van der Waals surface area contributed by atoms with Crippen molar-refractivity contribution in [3.05, 3.63) is 22.8 Å². The Balaban J connectivity index is 2.01. The number of ether oxygens (including phenoxy) is 1. The average molecular weight is 298 g/mol. The molecule has 5 heteroatoms. The van der Waals surface area contributed by atoms with Gasteiger partial charge in [0.2, 0.25) is 0 Å². The molecule has 1 fully saturated rings. The van der Waals surface area contributed by atoms with Crippen molar-refractivity contribution in [1.82, 2.24) is 10.3 Å². The molecule has 0 amide bonds. The van der Waals surface area contributed by atoms with Crippen LogP contribution in [0.4, 0.5) is 5.82 Å². The maximum Gasteiger partial charge on any atom is 0.128 e. The van der Waals surface area contributed by atoms with E-state index in [1.807, 2.05) is 12.1 Å². The van der Waals surface area contributed by atoms with E-state index in [0.29, 0.717) is 23.7 Å². The molecule has 0 aromatic carbocycles. The number of hydrogen-bond donors (Lipinski definition) is 1. The fraction of sp³-hybridized carbons (Fsp3) is 0.667. The largest absolute Gasteiger partial charge is 0.376 e. The maximum absolute atomic E-state index is 6.21. The van der Waals surface area contributed by atoms with Gasteiger partial charge >= 0.3 is 0 Å². The summed E-state index contributed by atoms with van der Waals surface area (Å²) in [5, 5.41) is 4.07. The summed E-state index contributed by atoms with van der Waals surface area (Å²) in [6, 6.07) is 4.31. The van der Waals surface area contributed by atoms with Gasteiger partial charge in [0.15, 0.2) is 0 Å². The van der Waals surface area contributed by atoms with E-state index in [4.69, 9.17) is 16.3 Å². The minimum atomic E-state index is 0.328. The zero-order chi connectivity index (χ0) is 14.5. The molecule has 0 saturated carbocycles. The van der Waals surface area contributed by atoms with E-state index < -0.39 is 0 Å². The van der Waals surface area contributed by atoms with Gasteiger partial charge in [-0.25, -0.2) is 4.98 Å². The Hall–Kier alpha value is -0.840. The Morgan fingerprint density at radius 2 is 2.30 bits per heavy atom. The number of nitrogens with one attached hydrogen (secondary N) is 1. The van der Waals surface area contributed by atoms with Gasteiger partial charge < -0.3 is 15.0 Å². The Kier molecular flexibility index (Phi) is 5.64. The number of nitrogens with zero attached hydrogens (tertiary/aromatic N) is 2. The van der Waals surface area contributed by atoms with Crippen molar-refractivity contribution >= 4 is 17.4 Å². The molecule has 0 aliphatic carbocycles. The molecule has 2 rings (SSSR count). The van der Waals surface area contributed by atoms with Gasteiger partial charge in [0.1, 0.15) is 5.82 Å². The molecule has 1 unspecified atom stereocenters. The second-order valence-corrected chi connectivity index (χ2v) is 6.06. The highest BCUT2D eigenvalue weighted by atomic mass is 35.5. The van der Waals surface area contributed by atoms with Crippen LogP contribution in [0.1, 0.15) is 32.4 Å². The van der Waals surface area contributed by atoms with Crippen LogP contribution < -0.4 is 10.2 Å². The number of rotatable bonds is 6. The number of likely N-dealkylation sites (N-methyl/N-ethyl adjacent to an activating group) is 1. The third kappa shape index (κ3) is 4.33. The van der Waals surface area contributed by atoms with Gasteiger partial charge in [-0.05, 0) is 25.0 Å². The van der Waals surface area contributed by atoms with Gasteiger partial charge in [0, 0.05) is 32.8 Å². The van der Waals surface area contributed by atoms with E-state index in [-0.39, 0.29) is 0 Å². The highest BCUT2D eigenvalue weighted by molar-refractivity contribution is 6.31. The summed E-state index contributed by atoms with van der Waals surface area (Å²) < 4.78 is 5.67. The lowest BCUT2D eigenvalue weighted by Crippen LogP contribution is -2.29. The van der Waals surface area contributed by atoms with Gasteiger partial charge in [-0.1, -0.05) is 25.4 Å². The fourth-order valence-electron chi connectivity index (χ4n) is 2.30. The van der Waals surface area contributed by atoms with Gasteiger partial charge in [-0.3, -0.25) is 0 Å². The third-order valence-electron chi connectivity index (χ3n) is 3.47. The molecule has 0 bridgehead atoms. The summed E-state index contributed by atoms with van der Waals surface area (Å²) in [7, 11) is 2.05. The topological polar surface area (TPSA) is 37.4 Å². The Bertz CT molecular complexity index is 433. The van der Waals surface area contributed by atoms with Crippen LogP contribution in [0, 0.1) is 0 Å². The molecule has 1 aromatic rings. The predicted octanol–water partition coefficient (Wildman–Crippen LogP) is 2.85. The standard InChI is InChI=1S/C15H24ClN3O/c1-11(2)17-9-14-13(16)6-7-15(18-14)19(3)10-12-5-4-8-20-12/h6-7,11-12,17H,4-5,8-10H2,1-3H3. The molecule has 2 heterocycles. The number of halogens is 1. The summed E-state index contributed by atoms with van der Waals surface area (Å²) in [6.07, 6.45) is 2.63. The molecule has 0 spiro atoms. The molecule has 1 aliphatic heterocycles. The zero-order valence-electron chi connectivity index (χ0n) is 12.5. The molecule has 1 aliphatic rings. The molecule has 1 atom stereocenters. The summed E-state index contributed by atoms with van der Waals surface area (Å²) in [5.41, 5.74) is 0.900. The SMILES string of the molecule is CC(C)NCc1nc(N(C)CC2CCCO2)ccc1Cl. The van der Waals surface area contributed by atoms with Crippen molar-refractivity contribution in [2.24, 2.45) is 0 Å². The van der Waals surface area contributed by atoms with Crippen molar-refractivity contribution in [3.8, 4) is 0 Å². The van der Waals surface area contributed by atoms with Crippen LogP contribution >= 0.6 is 11.6 Å². The van der Waals surface area contributed by atoms with Crippen LogP contribution in [0.2, 0.25) is 5.02 Å². The number of hydrogen-bond acceptors (Lipinski definition) is 4. The van der Waals surface area contributed by atoms with E-state index in [2.05, 4.69) is 36.1 Å². The molecule has 0 radical (unpaired) electrons. The van der Waals surface area contributed by atoms with Crippen molar-refractivity contribution in [3.63, 3.8) is 0 Å². The van der Waals surface area contributed by atoms with Crippen LogP contribution in [0.3, 0.4) is 0 Å². The quantitative estimate of drug-likeness (QED) is 0.876. The molecule has 4 nitrogen and oxygen atoms in total. The Labute approximate surface area is 126 Å². The number of anilines is 1. The molecular formula is C15H24ClN3O. The lowest BCUT2D eigenvalue weighted by atomic mass is 10.2. The van der Waals surface area contributed by atoms with Crippen LogP contribution in [0.5, 0.6) is 0 Å². The van der Waals surface area contributed by atoms with Crippen molar-refractivity contribution in [2.75, 3.05) is 25.1 Å². The summed E-state index contributed by atoms with van der Waals surface area (Å²) >= 11 is 6.21. The van der Waals surface area contributed by atoms with Gasteiger partial charge in [0.25, 0.3) is 0 Å². The molecule has 1 saturated heterocycles. The summed E-state index contributed by atoms with van der Waals surface area (Å²) in [6.45, 7) is 6.68. The van der Waals surface area contributed by atoms with E-state index in [9.17, 15) is 0 Å². The first-order valence-electron chi connectivity index (χ1n) is 7.28. The van der Waals surface area contributed by atoms with Gasteiger partial charge in [0.05, 0.1) is 16.8 Å². The first-order valence-corrected chi connectivity index (χ1v) is 7.65. The fourth-order valence-corrected chi connectivity index (χ4v) is 2.47. The van der Waals surface area contributed by atoms with Crippen molar-refractivity contribution in [1.29, 1.82) is 0 Å². The summed E-state index contributed by atoms with van der Waals surface area (Å²) in [4.78, 5) is 6.81. The highest BCUT2D eigenvalue weighted by Crippen LogP contribution is 2.20. The lowest BCUT2D eigenvalue weighted by molar-refractivity contribution is 0.116. The minimum absolute atomic E-state index is 0.328. The van der Waals surface area contributed by atoms with Crippen LogP contribution in [-0.4, -0.2) is 37.3 Å². The molecule has 1 aromatic heterocycles. The zero-order valence-corrected chi connectivity index (χ0v) is 13.3. The molecule has 20 heavy (non-hydrogen) atoms. The second-order valence-electron chi connectivity index (χ2n) is 5.65. The van der Waals surface area contributed by atoms with Crippen molar-refractivity contribution in [2.45, 2.75) is 45.4 Å². The smallest absolute Gasteiger partial charge is 0.128 e.